The molecule has 0 bridgehead atoms. The normalized spacial score (nSPS) is 21.3. The molecular weight excluding hydrogens is 196 g/mol. The van der Waals surface area contributed by atoms with Crippen molar-refractivity contribution >= 4 is 11.8 Å². The summed E-state index contributed by atoms with van der Waals surface area (Å²) >= 11 is 2.00. The third-order valence-electron chi connectivity index (χ3n) is 2.37. The number of hydrogen-bond donors (Lipinski definition) is 2. The average molecular weight is 210 g/mol. The first kappa shape index (κ1) is 9.80. The molecule has 1 aromatic heterocycles. The Morgan fingerprint density at radius 3 is 3.14 bits per heavy atom. The highest BCUT2D eigenvalue weighted by Crippen LogP contribution is 2.17. The van der Waals surface area contributed by atoms with Gasteiger partial charge >= 0.3 is 0 Å². The van der Waals surface area contributed by atoms with Gasteiger partial charge in [0, 0.05) is 30.6 Å². The lowest BCUT2D eigenvalue weighted by atomic mass is 10.2. The van der Waals surface area contributed by atoms with E-state index < -0.39 is 0 Å². The number of aromatic nitrogens is 1. The van der Waals surface area contributed by atoms with E-state index in [2.05, 4.69) is 10.3 Å². The number of thioether (sulfide) groups is 1. The summed E-state index contributed by atoms with van der Waals surface area (Å²) < 4.78 is 0. The van der Waals surface area contributed by atoms with Crippen molar-refractivity contribution < 1.29 is 0 Å². The Labute approximate surface area is 87.3 Å². The van der Waals surface area contributed by atoms with Crippen molar-refractivity contribution in [1.82, 2.24) is 10.3 Å². The first-order chi connectivity index (χ1) is 6.84. The molecule has 1 aromatic rings. The highest BCUT2D eigenvalue weighted by molar-refractivity contribution is 7.99. The van der Waals surface area contributed by atoms with E-state index in [4.69, 9.17) is 0 Å². The predicted molar refractivity (Wildman–Crippen MR) is 59.6 cm³/mol. The van der Waals surface area contributed by atoms with Crippen LogP contribution < -0.4 is 10.9 Å². The van der Waals surface area contributed by atoms with Crippen LogP contribution in [0.3, 0.4) is 0 Å². The maximum absolute atomic E-state index is 10.8. The van der Waals surface area contributed by atoms with E-state index in [1.807, 2.05) is 17.8 Å². The van der Waals surface area contributed by atoms with Crippen molar-refractivity contribution in [1.29, 1.82) is 0 Å². The molecule has 1 unspecified atom stereocenters. The van der Waals surface area contributed by atoms with Crippen molar-refractivity contribution in [3.05, 3.63) is 34.2 Å². The smallest absolute Gasteiger partial charge is 0.247 e. The van der Waals surface area contributed by atoms with Crippen LogP contribution in [0.5, 0.6) is 0 Å². The lowest BCUT2D eigenvalue weighted by Crippen LogP contribution is -2.28. The van der Waals surface area contributed by atoms with Gasteiger partial charge in [0.2, 0.25) is 5.56 Å². The highest BCUT2D eigenvalue weighted by Gasteiger charge is 2.13. The van der Waals surface area contributed by atoms with Crippen LogP contribution in [0.15, 0.2) is 23.1 Å². The molecule has 14 heavy (non-hydrogen) atoms. The zero-order valence-electron chi connectivity index (χ0n) is 7.95. The molecule has 0 amide bonds. The summed E-state index contributed by atoms with van der Waals surface area (Å²) in [7, 11) is 0. The molecule has 1 saturated heterocycles. The average Bonchev–Trinajstić information content (AvgIpc) is 2.70. The molecule has 2 heterocycles. The number of pyridine rings is 1. The van der Waals surface area contributed by atoms with Gasteiger partial charge in [0.25, 0.3) is 0 Å². The fourth-order valence-electron chi connectivity index (χ4n) is 1.51. The lowest BCUT2D eigenvalue weighted by Gasteiger charge is -2.10. The second-order valence-electron chi connectivity index (χ2n) is 3.50. The molecule has 1 fully saturated rings. The van der Waals surface area contributed by atoms with Crippen LogP contribution >= 0.6 is 11.8 Å². The predicted octanol–water partition coefficient (Wildman–Crippen LogP) is 0.970. The summed E-state index contributed by atoms with van der Waals surface area (Å²) in [6.07, 6.45) is 3.03. The third-order valence-corrected chi connectivity index (χ3v) is 3.54. The lowest BCUT2D eigenvalue weighted by molar-refractivity contribution is 0.557. The van der Waals surface area contributed by atoms with Crippen molar-refractivity contribution in [2.45, 2.75) is 19.0 Å². The molecule has 2 rings (SSSR count). The molecular formula is C10H14N2OS. The number of hydrogen-bond acceptors (Lipinski definition) is 3. The Morgan fingerprint density at radius 2 is 2.50 bits per heavy atom. The number of aromatic amines is 1. The van der Waals surface area contributed by atoms with Crippen LogP contribution in [0, 0.1) is 0 Å². The molecule has 1 aliphatic rings. The number of H-pyrrole nitrogens is 1. The summed E-state index contributed by atoms with van der Waals surface area (Å²) in [4.78, 5) is 13.5. The zero-order valence-corrected chi connectivity index (χ0v) is 8.77. The third kappa shape index (κ3) is 2.62. The second-order valence-corrected chi connectivity index (χ2v) is 4.65. The van der Waals surface area contributed by atoms with Crippen molar-refractivity contribution in [3.8, 4) is 0 Å². The molecule has 1 aliphatic heterocycles. The van der Waals surface area contributed by atoms with E-state index in [9.17, 15) is 4.79 Å². The molecule has 0 aliphatic carbocycles. The monoisotopic (exact) mass is 210 g/mol. The van der Waals surface area contributed by atoms with E-state index in [0.29, 0.717) is 6.04 Å². The van der Waals surface area contributed by atoms with Gasteiger partial charge in [-0.3, -0.25) is 4.79 Å². The van der Waals surface area contributed by atoms with E-state index in [-0.39, 0.29) is 5.56 Å². The van der Waals surface area contributed by atoms with Crippen LogP contribution in [0.4, 0.5) is 0 Å². The molecule has 4 heteroatoms. The van der Waals surface area contributed by atoms with Gasteiger partial charge in [-0.2, -0.15) is 11.8 Å². The minimum absolute atomic E-state index is 0.0369. The van der Waals surface area contributed by atoms with Crippen LogP contribution in [-0.2, 0) is 6.54 Å². The van der Waals surface area contributed by atoms with Gasteiger partial charge in [-0.1, -0.05) is 6.07 Å². The molecule has 2 N–H and O–H groups in total. The quantitative estimate of drug-likeness (QED) is 0.781. The topological polar surface area (TPSA) is 44.9 Å². The fraction of sp³-hybridized carbons (Fsp3) is 0.500. The van der Waals surface area contributed by atoms with Gasteiger partial charge in [0.05, 0.1) is 0 Å². The van der Waals surface area contributed by atoms with E-state index in [0.717, 1.165) is 12.1 Å². The molecule has 1 atom stereocenters. The standard InChI is InChI=1S/C10H14N2OS/c13-10-2-1-8(6-12-10)5-11-9-3-4-14-7-9/h1-2,6,9,11H,3-5,7H2,(H,12,13). The summed E-state index contributed by atoms with van der Waals surface area (Å²) in [6, 6.07) is 4.08. The summed E-state index contributed by atoms with van der Waals surface area (Å²) in [5.74, 6) is 2.48. The zero-order chi connectivity index (χ0) is 9.80. The SMILES string of the molecule is O=c1ccc(CNC2CCSC2)c[nH]1. The van der Waals surface area contributed by atoms with Crippen LogP contribution in [-0.4, -0.2) is 22.5 Å². The van der Waals surface area contributed by atoms with E-state index in [1.165, 1.54) is 17.9 Å². The number of rotatable bonds is 3. The van der Waals surface area contributed by atoms with Crippen molar-refractivity contribution in [2.24, 2.45) is 0 Å². The number of nitrogens with one attached hydrogen (secondary N) is 2. The molecule has 0 saturated carbocycles. The fourth-order valence-corrected chi connectivity index (χ4v) is 2.70. The Morgan fingerprint density at radius 1 is 1.57 bits per heavy atom. The summed E-state index contributed by atoms with van der Waals surface area (Å²) in [6.45, 7) is 0.849. The molecule has 3 nitrogen and oxygen atoms in total. The van der Waals surface area contributed by atoms with Crippen LogP contribution in [0.25, 0.3) is 0 Å². The first-order valence-corrected chi connectivity index (χ1v) is 5.99. The van der Waals surface area contributed by atoms with Crippen molar-refractivity contribution in [2.75, 3.05) is 11.5 Å². The Kier molecular flexibility index (Phi) is 3.26. The van der Waals surface area contributed by atoms with Gasteiger partial charge < -0.3 is 10.3 Å². The van der Waals surface area contributed by atoms with Crippen LogP contribution in [0.1, 0.15) is 12.0 Å². The van der Waals surface area contributed by atoms with Crippen LogP contribution in [0.2, 0.25) is 0 Å². The molecule has 76 valence electrons. The highest BCUT2D eigenvalue weighted by atomic mass is 32.2. The van der Waals surface area contributed by atoms with Gasteiger partial charge in [-0.05, 0) is 17.7 Å². The molecule has 0 aromatic carbocycles. The second kappa shape index (κ2) is 4.66. The van der Waals surface area contributed by atoms with Crippen molar-refractivity contribution in [3.63, 3.8) is 0 Å². The Balaban J connectivity index is 1.85. The summed E-state index contributed by atoms with van der Waals surface area (Å²) in [5.41, 5.74) is 1.10. The first-order valence-electron chi connectivity index (χ1n) is 4.83. The minimum atomic E-state index is -0.0369. The molecule has 0 spiro atoms. The molecule has 0 radical (unpaired) electrons. The maximum atomic E-state index is 10.8. The van der Waals surface area contributed by atoms with E-state index >= 15 is 0 Å². The largest absolute Gasteiger partial charge is 0.329 e. The maximum Gasteiger partial charge on any atom is 0.247 e. The minimum Gasteiger partial charge on any atom is -0.329 e. The van der Waals surface area contributed by atoms with Gasteiger partial charge in [0.15, 0.2) is 0 Å². The van der Waals surface area contributed by atoms with Gasteiger partial charge in [-0.15, -0.1) is 0 Å². The van der Waals surface area contributed by atoms with E-state index in [1.54, 1.807) is 12.3 Å². The van der Waals surface area contributed by atoms with Gasteiger partial charge in [0.1, 0.15) is 0 Å². The summed E-state index contributed by atoms with van der Waals surface area (Å²) in [5, 5.41) is 3.47. The van der Waals surface area contributed by atoms with Gasteiger partial charge in [-0.25, -0.2) is 0 Å². The Bertz CT molecular complexity index is 324. The Hall–Kier alpha value is -0.740.